The van der Waals surface area contributed by atoms with Gasteiger partial charge in [-0.3, -0.25) is 19.7 Å². The molecule has 1 N–H and O–H groups in total. The van der Waals surface area contributed by atoms with Crippen molar-refractivity contribution < 1.29 is 28.0 Å². The van der Waals surface area contributed by atoms with Crippen LogP contribution in [0, 0.1) is 21.7 Å². The van der Waals surface area contributed by atoms with Crippen LogP contribution in [-0.4, -0.2) is 23.7 Å². The van der Waals surface area contributed by atoms with Gasteiger partial charge in [-0.1, -0.05) is 0 Å². The molecule has 0 radical (unpaired) electrons. The van der Waals surface area contributed by atoms with Gasteiger partial charge in [-0.25, -0.2) is 8.78 Å². The predicted molar refractivity (Wildman–Crippen MR) is 79.0 cm³/mol. The SMILES string of the molecule is O=Cc1cc([N+](=O)[O-])ccc1OCC(=O)Nc1ccc(F)cc1F. The molecule has 0 heterocycles. The number of halogens is 2. The van der Waals surface area contributed by atoms with Crippen molar-refractivity contribution in [1.82, 2.24) is 0 Å². The van der Waals surface area contributed by atoms with Crippen LogP contribution in [0.1, 0.15) is 10.4 Å². The average Bonchev–Trinajstić information content (AvgIpc) is 2.55. The van der Waals surface area contributed by atoms with E-state index in [4.69, 9.17) is 4.74 Å². The molecule has 0 aromatic heterocycles. The quantitative estimate of drug-likeness (QED) is 0.497. The molecular formula is C15H10F2N2O5. The van der Waals surface area contributed by atoms with Gasteiger partial charge in [-0.05, 0) is 18.2 Å². The van der Waals surface area contributed by atoms with Crippen LogP contribution in [-0.2, 0) is 4.79 Å². The second-order valence-electron chi connectivity index (χ2n) is 4.56. The third kappa shape index (κ3) is 4.09. The fraction of sp³-hybridized carbons (Fsp3) is 0.0667. The molecule has 124 valence electrons. The Labute approximate surface area is 134 Å². The van der Waals surface area contributed by atoms with Crippen molar-refractivity contribution in [2.45, 2.75) is 0 Å². The minimum absolute atomic E-state index is 0.0367. The smallest absolute Gasteiger partial charge is 0.270 e. The lowest BCUT2D eigenvalue weighted by Crippen LogP contribution is -2.21. The van der Waals surface area contributed by atoms with Crippen LogP contribution in [0.25, 0.3) is 0 Å². The molecule has 9 heteroatoms. The summed E-state index contributed by atoms with van der Waals surface area (Å²) in [7, 11) is 0. The molecule has 0 bridgehead atoms. The van der Waals surface area contributed by atoms with E-state index in [1.807, 2.05) is 0 Å². The number of nitrogens with one attached hydrogen (secondary N) is 1. The zero-order valence-corrected chi connectivity index (χ0v) is 12.0. The number of nitro groups is 1. The first-order valence-electron chi connectivity index (χ1n) is 6.52. The predicted octanol–water partition coefficient (Wildman–Crippen LogP) is 2.70. The van der Waals surface area contributed by atoms with E-state index in [2.05, 4.69) is 5.32 Å². The summed E-state index contributed by atoms with van der Waals surface area (Å²) in [6.45, 7) is -0.574. The van der Waals surface area contributed by atoms with Crippen LogP contribution < -0.4 is 10.1 Å². The molecule has 2 aromatic carbocycles. The van der Waals surface area contributed by atoms with Gasteiger partial charge in [0, 0.05) is 18.2 Å². The van der Waals surface area contributed by atoms with E-state index in [1.54, 1.807) is 0 Å². The Morgan fingerprint density at radius 2 is 2.00 bits per heavy atom. The van der Waals surface area contributed by atoms with Gasteiger partial charge in [-0.15, -0.1) is 0 Å². The Bertz CT molecular complexity index is 810. The normalized spacial score (nSPS) is 10.1. The number of hydrogen-bond acceptors (Lipinski definition) is 5. The summed E-state index contributed by atoms with van der Waals surface area (Å²) in [6, 6.07) is 5.91. The van der Waals surface area contributed by atoms with Crippen LogP contribution in [0.15, 0.2) is 36.4 Å². The van der Waals surface area contributed by atoms with Gasteiger partial charge in [0.15, 0.2) is 12.9 Å². The second-order valence-corrected chi connectivity index (χ2v) is 4.56. The number of nitrogens with zero attached hydrogens (tertiary/aromatic N) is 1. The Kier molecular flexibility index (Phi) is 5.15. The number of amides is 1. The van der Waals surface area contributed by atoms with Gasteiger partial charge in [-0.2, -0.15) is 0 Å². The van der Waals surface area contributed by atoms with E-state index in [0.717, 1.165) is 24.3 Å². The highest BCUT2D eigenvalue weighted by Crippen LogP contribution is 2.23. The van der Waals surface area contributed by atoms with Crippen LogP contribution in [0.2, 0.25) is 0 Å². The van der Waals surface area contributed by atoms with E-state index >= 15 is 0 Å². The number of rotatable bonds is 6. The molecule has 0 saturated heterocycles. The average molecular weight is 336 g/mol. The van der Waals surface area contributed by atoms with Crippen molar-refractivity contribution >= 4 is 23.6 Å². The molecule has 24 heavy (non-hydrogen) atoms. The molecule has 0 aliphatic carbocycles. The molecule has 7 nitrogen and oxygen atoms in total. The van der Waals surface area contributed by atoms with Crippen molar-refractivity contribution in [2.24, 2.45) is 0 Å². The lowest BCUT2D eigenvalue weighted by atomic mass is 10.2. The first-order chi connectivity index (χ1) is 11.4. The standard InChI is InChI=1S/C15H10F2N2O5/c16-10-1-3-13(12(17)6-10)18-15(21)8-24-14-4-2-11(19(22)23)5-9(14)7-20/h1-7H,8H2,(H,18,21). The van der Waals surface area contributed by atoms with Crippen LogP contribution in [0.4, 0.5) is 20.2 Å². The zero-order valence-electron chi connectivity index (χ0n) is 12.0. The summed E-state index contributed by atoms with van der Waals surface area (Å²) in [5.41, 5.74) is -0.642. The van der Waals surface area contributed by atoms with E-state index in [-0.39, 0.29) is 22.7 Å². The maximum atomic E-state index is 13.4. The van der Waals surface area contributed by atoms with Gasteiger partial charge < -0.3 is 10.1 Å². The third-order valence-electron chi connectivity index (χ3n) is 2.90. The summed E-state index contributed by atoms with van der Waals surface area (Å²) < 4.78 is 31.3. The van der Waals surface area contributed by atoms with Gasteiger partial charge in [0.1, 0.15) is 17.4 Å². The minimum atomic E-state index is -0.952. The van der Waals surface area contributed by atoms with Crippen LogP contribution in [0.5, 0.6) is 5.75 Å². The molecule has 0 spiro atoms. The zero-order chi connectivity index (χ0) is 17.7. The van der Waals surface area contributed by atoms with Gasteiger partial charge in [0.2, 0.25) is 0 Å². The van der Waals surface area contributed by atoms with Crippen molar-refractivity contribution in [3.63, 3.8) is 0 Å². The highest BCUT2D eigenvalue weighted by molar-refractivity contribution is 5.92. The number of anilines is 1. The van der Waals surface area contributed by atoms with Crippen molar-refractivity contribution in [3.05, 3.63) is 63.7 Å². The van der Waals surface area contributed by atoms with Gasteiger partial charge >= 0.3 is 0 Å². The van der Waals surface area contributed by atoms with Crippen molar-refractivity contribution in [2.75, 3.05) is 11.9 Å². The summed E-state index contributed by atoms with van der Waals surface area (Å²) in [4.78, 5) is 32.6. The first-order valence-corrected chi connectivity index (χ1v) is 6.52. The molecule has 2 aromatic rings. The van der Waals surface area contributed by atoms with E-state index in [0.29, 0.717) is 12.4 Å². The van der Waals surface area contributed by atoms with E-state index in [1.165, 1.54) is 6.07 Å². The molecule has 1 amide bonds. The van der Waals surface area contributed by atoms with Crippen molar-refractivity contribution in [3.8, 4) is 5.75 Å². The topological polar surface area (TPSA) is 98.5 Å². The number of benzene rings is 2. The van der Waals surface area contributed by atoms with Crippen LogP contribution >= 0.6 is 0 Å². The molecule has 0 saturated carbocycles. The lowest BCUT2D eigenvalue weighted by Gasteiger charge is -2.09. The summed E-state index contributed by atoms with van der Waals surface area (Å²) in [5.74, 6) is -2.53. The fourth-order valence-electron chi connectivity index (χ4n) is 1.79. The maximum absolute atomic E-state index is 13.4. The number of hydrogen-bond donors (Lipinski definition) is 1. The monoisotopic (exact) mass is 336 g/mol. The Balaban J connectivity index is 2.03. The number of ether oxygens (including phenoxy) is 1. The largest absolute Gasteiger partial charge is 0.483 e. The third-order valence-corrected chi connectivity index (χ3v) is 2.90. The van der Waals surface area contributed by atoms with E-state index in [9.17, 15) is 28.5 Å². The molecular weight excluding hydrogens is 326 g/mol. The summed E-state index contributed by atoms with van der Waals surface area (Å²) in [6.07, 6.45) is 0.347. The first kappa shape index (κ1) is 17.0. The van der Waals surface area contributed by atoms with Gasteiger partial charge in [0.25, 0.3) is 11.6 Å². The Hall–Kier alpha value is -3.36. The fourth-order valence-corrected chi connectivity index (χ4v) is 1.79. The highest BCUT2D eigenvalue weighted by Gasteiger charge is 2.13. The van der Waals surface area contributed by atoms with Crippen molar-refractivity contribution in [1.29, 1.82) is 0 Å². The maximum Gasteiger partial charge on any atom is 0.270 e. The molecule has 2 rings (SSSR count). The Morgan fingerprint density at radius 3 is 2.62 bits per heavy atom. The molecule has 0 fully saturated rings. The number of carbonyl (C=O) groups excluding carboxylic acids is 2. The molecule has 0 aliphatic heterocycles. The highest BCUT2D eigenvalue weighted by atomic mass is 19.1. The van der Waals surface area contributed by atoms with E-state index < -0.39 is 29.1 Å². The number of nitro benzene ring substituents is 1. The Morgan fingerprint density at radius 1 is 1.25 bits per heavy atom. The lowest BCUT2D eigenvalue weighted by molar-refractivity contribution is -0.384. The molecule has 0 atom stereocenters. The van der Waals surface area contributed by atoms with Crippen LogP contribution in [0.3, 0.4) is 0 Å². The summed E-state index contributed by atoms with van der Waals surface area (Å²) >= 11 is 0. The molecule has 0 aliphatic rings. The molecule has 0 unspecified atom stereocenters. The minimum Gasteiger partial charge on any atom is -0.483 e. The second kappa shape index (κ2) is 7.27. The summed E-state index contributed by atoms with van der Waals surface area (Å²) in [5, 5.41) is 12.8. The number of non-ortho nitro benzene ring substituents is 1. The number of carbonyl (C=O) groups is 2. The number of aldehydes is 1. The van der Waals surface area contributed by atoms with Gasteiger partial charge in [0.05, 0.1) is 16.2 Å².